The number of benzene rings is 2. The van der Waals surface area contributed by atoms with E-state index < -0.39 is 0 Å². The van der Waals surface area contributed by atoms with Gasteiger partial charge < -0.3 is 0 Å². The lowest BCUT2D eigenvalue weighted by molar-refractivity contribution is 0.539. The van der Waals surface area contributed by atoms with E-state index in [9.17, 15) is 8.78 Å². The quantitative estimate of drug-likeness (QED) is 0.667. The molecule has 2 aromatic carbocycles. The Hall–Kier alpha value is -1.30. The smallest absolute Gasteiger partial charge is 0.123 e. The number of nitrogens with two attached hydrogens (primary N) is 1. The molecule has 0 saturated carbocycles. The second-order valence-corrected chi connectivity index (χ2v) is 5.07. The summed E-state index contributed by atoms with van der Waals surface area (Å²) in [7, 11) is 0. The first-order valence-corrected chi connectivity index (χ1v) is 6.55. The second kappa shape index (κ2) is 6.23. The molecule has 1 atom stereocenters. The summed E-state index contributed by atoms with van der Waals surface area (Å²) in [5, 5.41) is 0. The highest BCUT2D eigenvalue weighted by Gasteiger charge is 2.15. The summed E-state index contributed by atoms with van der Waals surface area (Å²) < 4.78 is 27.2. The molecule has 3 N–H and O–H groups in total. The lowest BCUT2D eigenvalue weighted by atomic mass is 9.99. The van der Waals surface area contributed by atoms with Gasteiger partial charge in [-0.25, -0.2) is 8.78 Å². The van der Waals surface area contributed by atoms with Crippen molar-refractivity contribution >= 4 is 15.9 Å². The van der Waals surface area contributed by atoms with Crippen molar-refractivity contribution in [1.82, 2.24) is 5.43 Å². The zero-order valence-electron chi connectivity index (χ0n) is 10.0. The number of hydrogen-bond donors (Lipinski definition) is 2. The van der Waals surface area contributed by atoms with Crippen molar-refractivity contribution in [3.8, 4) is 0 Å². The summed E-state index contributed by atoms with van der Waals surface area (Å²) in [6, 6.07) is 10.4. The van der Waals surface area contributed by atoms with Crippen LogP contribution in [0.3, 0.4) is 0 Å². The molecule has 0 saturated heterocycles. The van der Waals surface area contributed by atoms with Gasteiger partial charge in [0.15, 0.2) is 0 Å². The average molecular weight is 327 g/mol. The molecule has 0 bridgehead atoms. The van der Waals surface area contributed by atoms with Crippen LogP contribution < -0.4 is 11.3 Å². The van der Waals surface area contributed by atoms with E-state index in [1.54, 1.807) is 18.2 Å². The molecule has 0 heterocycles. The third-order valence-electron chi connectivity index (χ3n) is 2.86. The van der Waals surface area contributed by atoms with Gasteiger partial charge in [0.2, 0.25) is 0 Å². The van der Waals surface area contributed by atoms with E-state index >= 15 is 0 Å². The Morgan fingerprint density at radius 2 is 1.84 bits per heavy atom. The highest BCUT2D eigenvalue weighted by atomic mass is 79.9. The molecule has 0 aliphatic rings. The second-order valence-electron chi connectivity index (χ2n) is 4.22. The monoisotopic (exact) mass is 326 g/mol. The van der Waals surface area contributed by atoms with E-state index in [0.717, 1.165) is 10.0 Å². The van der Waals surface area contributed by atoms with E-state index in [1.165, 1.54) is 24.3 Å². The van der Waals surface area contributed by atoms with E-state index in [2.05, 4.69) is 21.4 Å². The zero-order chi connectivity index (χ0) is 13.8. The van der Waals surface area contributed by atoms with Gasteiger partial charge in [-0.05, 0) is 47.9 Å². The third-order valence-corrected chi connectivity index (χ3v) is 3.59. The maximum absolute atomic E-state index is 13.3. The van der Waals surface area contributed by atoms with E-state index in [0.29, 0.717) is 12.0 Å². The van der Waals surface area contributed by atoms with Gasteiger partial charge in [0.1, 0.15) is 11.6 Å². The fourth-order valence-corrected chi connectivity index (χ4v) is 2.46. The van der Waals surface area contributed by atoms with Crippen LogP contribution in [0.25, 0.3) is 0 Å². The number of nitrogens with one attached hydrogen (secondary N) is 1. The summed E-state index contributed by atoms with van der Waals surface area (Å²) in [6.07, 6.45) is 0.469. The van der Waals surface area contributed by atoms with Gasteiger partial charge in [-0.1, -0.05) is 28.1 Å². The topological polar surface area (TPSA) is 38.0 Å². The van der Waals surface area contributed by atoms with Crippen molar-refractivity contribution in [2.45, 2.75) is 12.5 Å². The van der Waals surface area contributed by atoms with Crippen LogP contribution in [0.1, 0.15) is 17.2 Å². The number of halogens is 3. The van der Waals surface area contributed by atoms with Crippen molar-refractivity contribution in [1.29, 1.82) is 0 Å². The fourth-order valence-electron chi connectivity index (χ4n) is 1.94. The number of rotatable bonds is 4. The molecule has 19 heavy (non-hydrogen) atoms. The highest BCUT2D eigenvalue weighted by molar-refractivity contribution is 9.10. The summed E-state index contributed by atoms with van der Waals surface area (Å²) in [5.74, 6) is 4.89. The van der Waals surface area contributed by atoms with Crippen LogP contribution in [0.15, 0.2) is 46.9 Å². The lowest BCUT2D eigenvalue weighted by Crippen LogP contribution is -2.30. The minimum atomic E-state index is -0.335. The molecular weight excluding hydrogens is 314 g/mol. The molecule has 0 amide bonds. The highest BCUT2D eigenvalue weighted by Crippen LogP contribution is 2.26. The lowest BCUT2D eigenvalue weighted by Gasteiger charge is -2.18. The largest absolute Gasteiger partial charge is 0.271 e. The first-order chi connectivity index (χ1) is 9.10. The van der Waals surface area contributed by atoms with Gasteiger partial charge in [0, 0.05) is 4.47 Å². The molecule has 0 fully saturated rings. The third kappa shape index (κ3) is 3.59. The predicted octanol–water partition coefficient (Wildman–Crippen LogP) is 3.47. The van der Waals surface area contributed by atoms with Crippen molar-refractivity contribution < 1.29 is 8.78 Å². The zero-order valence-corrected chi connectivity index (χ0v) is 11.6. The van der Waals surface area contributed by atoms with Crippen molar-refractivity contribution in [3.05, 3.63) is 69.7 Å². The molecule has 100 valence electrons. The summed E-state index contributed by atoms with van der Waals surface area (Å²) in [4.78, 5) is 0. The van der Waals surface area contributed by atoms with E-state index in [4.69, 9.17) is 5.84 Å². The molecule has 2 aromatic rings. The molecule has 0 radical (unpaired) electrons. The Kier molecular flexibility index (Phi) is 4.63. The van der Waals surface area contributed by atoms with Crippen LogP contribution >= 0.6 is 15.9 Å². The average Bonchev–Trinajstić information content (AvgIpc) is 2.39. The van der Waals surface area contributed by atoms with E-state index in [-0.39, 0.29) is 17.7 Å². The maximum atomic E-state index is 13.3. The Labute approximate surface area is 118 Å². The predicted molar refractivity (Wildman–Crippen MR) is 74.3 cm³/mol. The Balaban J connectivity index is 2.27. The summed E-state index contributed by atoms with van der Waals surface area (Å²) >= 11 is 3.36. The van der Waals surface area contributed by atoms with Crippen LogP contribution in [-0.4, -0.2) is 0 Å². The fraction of sp³-hybridized carbons (Fsp3) is 0.143. The molecule has 0 aliphatic carbocycles. The number of hydrazine groups is 1. The molecule has 0 aliphatic heterocycles. The van der Waals surface area contributed by atoms with Crippen LogP contribution in [0.4, 0.5) is 8.78 Å². The SMILES string of the molecule is NNC(Cc1cccc(F)c1)c1cc(F)ccc1Br. The van der Waals surface area contributed by atoms with Gasteiger partial charge >= 0.3 is 0 Å². The molecule has 5 heteroatoms. The Morgan fingerprint density at radius 1 is 1.11 bits per heavy atom. The van der Waals surface area contributed by atoms with E-state index in [1.807, 2.05) is 0 Å². The normalized spacial score (nSPS) is 12.4. The molecular formula is C14H13BrF2N2. The minimum Gasteiger partial charge on any atom is -0.271 e. The van der Waals surface area contributed by atoms with Gasteiger partial charge in [-0.3, -0.25) is 11.3 Å². The molecule has 0 aromatic heterocycles. The van der Waals surface area contributed by atoms with Crippen LogP contribution in [0.2, 0.25) is 0 Å². The number of hydrogen-bond acceptors (Lipinski definition) is 2. The van der Waals surface area contributed by atoms with Crippen LogP contribution in [-0.2, 0) is 6.42 Å². The Bertz CT molecular complexity index is 575. The molecule has 2 rings (SSSR count). The van der Waals surface area contributed by atoms with Crippen LogP contribution in [0, 0.1) is 11.6 Å². The Morgan fingerprint density at radius 3 is 2.53 bits per heavy atom. The van der Waals surface area contributed by atoms with Crippen LogP contribution in [0.5, 0.6) is 0 Å². The summed E-state index contributed by atoms with van der Waals surface area (Å²) in [6.45, 7) is 0. The van der Waals surface area contributed by atoms with Crippen molar-refractivity contribution in [3.63, 3.8) is 0 Å². The van der Waals surface area contributed by atoms with Crippen molar-refractivity contribution in [2.75, 3.05) is 0 Å². The van der Waals surface area contributed by atoms with Gasteiger partial charge in [0.25, 0.3) is 0 Å². The summed E-state index contributed by atoms with van der Waals surface area (Å²) in [5.41, 5.74) is 4.13. The maximum Gasteiger partial charge on any atom is 0.123 e. The first kappa shape index (κ1) is 14.1. The van der Waals surface area contributed by atoms with Gasteiger partial charge in [0.05, 0.1) is 6.04 Å². The molecule has 0 spiro atoms. The first-order valence-electron chi connectivity index (χ1n) is 5.75. The standard InChI is InChI=1S/C14H13BrF2N2/c15-13-5-4-11(17)8-12(13)14(19-18)7-9-2-1-3-10(16)6-9/h1-6,8,14,19H,7,18H2. The van der Waals surface area contributed by atoms with Gasteiger partial charge in [-0.15, -0.1) is 0 Å². The molecule has 2 nitrogen and oxygen atoms in total. The molecule has 1 unspecified atom stereocenters. The van der Waals surface area contributed by atoms with Gasteiger partial charge in [-0.2, -0.15) is 0 Å². The minimum absolute atomic E-state index is 0.299. The van der Waals surface area contributed by atoms with Crippen molar-refractivity contribution in [2.24, 2.45) is 5.84 Å².